The number of nitrogens with one attached hydrogen (secondary N) is 1. The van der Waals surface area contributed by atoms with E-state index < -0.39 is 42.2 Å². The van der Waals surface area contributed by atoms with Gasteiger partial charge < -0.3 is 28.4 Å². The molecule has 172 valence electrons. The van der Waals surface area contributed by atoms with Gasteiger partial charge in [-0.25, -0.2) is 0 Å². The van der Waals surface area contributed by atoms with Gasteiger partial charge in [0.05, 0.1) is 13.2 Å². The van der Waals surface area contributed by atoms with Gasteiger partial charge in [0.15, 0.2) is 17.9 Å². The highest BCUT2D eigenvalue weighted by Crippen LogP contribution is 2.45. The van der Waals surface area contributed by atoms with Crippen LogP contribution in [0.2, 0.25) is 0 Å². The van der Waals surface area contributed by atoms with E-state index in [4.69, 9.17) is 28.4 Å². The molecule has 0 unspecified atom stereocenters. The van der Waals surface area contributed by atoms with Crippen LogP contribution in [0.1, 0.15) is 52.6 Å². The van der Waals surface area contributed by atoms with Gasteiger partial charge in [0, 0.05) is 12.5 Å². The van der Waals surface area contributed by atoms with Crippen LogP contribution < -0.4 is 5.32 Å². The van der Waals surface area contributed by atoms with Crippen molar-refractivity contribution >= 4 is 5.97 Å². The maximum Gasteiger partial charge on any atom is 0.322 e. The smallest absolute Gasteiger partial charge is 0.322 e. The average Bonchev–Trinajstić information content (AvgIpc) is 3.21. The molecule has 0 bridgehead atoms. The van der Waals surface area contributed by atoms with Crippen molar-refractivity contribution in [3.8, 4) is 0 Å². The first-order valence-corrected chi connectivity index (χ1v) is 10.8. The third-order valence-corrected chi connectivity index (χ3v) is 5.96. The van der Waals surface area contributed by atoms with Crippen LogP contribution >= 0.6 is 0 Å². The van der Waals surface area contributed by atoms with Gasteiger partial charge in [-0.3, -0.25) is 10.1 Å². The average molecular weight is 436 g/mol. The van der Waals surface area contributed by atoms with E-state index in [0.29, 0.717) is 6.42 Å². The molecule has 0 radical (unpaired) electrons. The van der Waals surface area contributed by atoms with Gasteiger partial charge >= 0.3 is 5.97 Å². The van der Waals surface area contributed by atoms with Crippen molar-refractivity contribution in [1.82, 2.24) is 5.32 Å². The zero-order chi connectivity index (χ0) is 22.4. The van der Waals surface area contributed by atoms with E-state index in [1.807, 2.05) is 65.0 Å². The summed E-state index contributed by atoms with van der Waals surface area (Å²) in [4.78, 5) is 12.6. The molecule has 3 fully saturated rings. The Labute approximate surface area is 183 Å². The topological polar surface area (TPSA) is 84.5 Å². The molecular weight excluding hydrogens is 402 g/mol. The summed E-state index contributed by atoms with van der Waals surface area (Å²) in [6, 6.07) is 9.30. The van der Waals surface area contributed by atoms with E-state index in [1.54, 1.807) is 0 Å². The first-order chi connectivity index (χ1) is 14.6. The first kappa shape index (κ1) is 22.6. The Kier molecular flexibility index (Phi) is 6.15. The molecule has 0 amide bonds. The maximum absolute atomic E-state index is 12.6. The minimum Gasteiger partial charge on any atom is -0.468 e. The molecule has 0 spiro atoms. The lowest BCUT2D eigenvalue weighted by atomic mass is 9.94. The summed E-state index contributed by atoms with van der Waals surface area (Å²) in [5.74, 6) is -1.92. The highest BCUT2D eigenvalue weighted by atomic mass is 16.9. The summed E-state index contributed by atoms with van der Waals surface area (Å²) >= 11 is 0. The minimum atomic E-state index is -0.785. The van der Waals surface area contributed by atoms with Crippen LogP contribution in [0.3, 0.4) is 0 Å². The second-order valence-electron chi connectivity index (χ2n) is 9.32. The number of hydrogen-bond acceptors (Lipinski definition) is 8. The Balaban J connectivity index is 1.53. The number of carbonyl (C=O) groups is 1. The molecule has 0 aromatic heterocycles. The molecule has 3 aliphatic rings. The number of esters is 1. The number of hydrogen-bond donors (Lipinski definition) is 1. The molecule has 7 atom stereocenters. The molecule has 1 aromatic carbocycles. The van der Waals surface area contributed by atoms with Crippen LogP contribution in [0.5, 0.6) is 0 Å². The van der Waals surface area contributed by atoms with Crippen LogP contribution in [0.25, 0.3) is 0 Å². The lowest BCUT2D eigenvalue weighted by molar-refractivity contribution is -0.236. The van der Waals surface area contributed by atoms with Gasteiger partial charge in [0.1, 0.15) is 24.4 Å². The largest absolute Gasteiger partial charge is 0.468 e. The van der Waals surface area contributed by atoms with E-state index in [0.717, 1.165) is 5.56 Å². The van der Waals surface area contributed by atoms with Gasteiger partial charge in [-0.15, -0.1) is 0 Å². The summed E-state index contributed by atoms with van der Waals surface area (Å²) in [5, 5.41) is 3.38. The molecule has 0 saturated carbocycles. The number of carbonyl (C=O) groups excluding carboxylic acids is 1. The lowest BCUT2D eigenvalue weighted by Gasteiger charge is -2.38. The minimum absolute atomic E-state index is 0.0559. The molecular formula is C23H33NO7. The Hall–Kier alpha value is -1.55. The molecule has 0 aliphatic carbocycles. The van der Waals surface area contributed by atoms with Crippen molar-refractivity contribution < 1.29 is 33.2 Å². The van der Waals surface area contributed by atoms with Crippen molar-refractivity contribution in [2.75, 3.05) is 7.11 Å². The molecule has 3 aliphatic heterocycles. The highest BCUT2D eigenvalue weighted by Gasteiger charge is 2.60. The summed E-state index contributed by atoms with van der Waals surface area (Å²) in [6.07, 6.45) is -1.84. The van der Waals surface area contributed by atoms with E-state index in [2.05, 4.69) is 5.32 Å². The fourth-order valence-corrected chi connectivity index (χ4v) is 4.63. The van der Waals surface area contributed by atoms with Crippen LogP contribution in [-0.2, 0) is 33.2 Å². The van der Waals surface area contributed by atoms with Crippen molar-refractivity contribution in [3.63, 3.8) is 0 Å². The first-order valence-electron chi connectivity index (χ1n) is 10.8. The predicted molar refractivity (Wildman–Crippen MR) is 111 cm³/mol. The predicted octanol–water partition coefficient (Wildman–Crippen LogP) is 2.67. The Morgan fingerprint density at radius 2 is 1.61 bits per heavy atom. The summed E-state index contributed by atoms with van der Waals surface area (Å²) in [7, 11) is 1.39. The normalized spacial score (nSPS) is 35.1. The van der Waals surface area contributed by atoms with Gasteiger partial charge in [0.25, 0.3) is 0 Å². The molecule has 1 aromatic rings. The standard InChI is InChI=1S/C23H33NO7/c1-13(14-10-8-7-9-11-14)24-15(20(25)26-6)12-16-17-18(29-22(2,3)28-17)19-21(27-16)31-23(4,5)30-19/h7-11,13,15-19,21,24H,12H2,1-6H3/t13-,15-,16+,17-,18-,19+,21+/m0/s1. The highest BCUT2D eigenvalue weighted by molar-refractivity contribution is 5.75. The van der Waals surface area contributed by atoms with Crippen molar-refractivity contribution in [2.24, 2.45) is 0 Å². The monoisotopic (exact) mass is 435 g/mol. The molecule has 1 N–H and O–H groups in total. The Bertz CT molecular complexity index is 783. The molecule has 31 heavy (non-hydrogen) atoms. The zero-order valence-electron chi connectivity index (χ0n) is 19.0. The fraction of sp³-hybridized carbons (Fsp3) is 0.696. The number of methoxy groups -OCH3 is 1. The van der Waals surface area contributed by atoms with Crippen LogP contribution in [0.15, 0.2) is 30.3 Å². The maximum atomic E-state index is 12.6. The third-order valence-electron chi connectivity index (χ3n) is 5.96. The van der Waals surface area contributed by atoms with E-state index in [9.17, 15) is 4.79 Å². The summed E-state index contributed by atoms with van der Waals surface area (Å²) < 4.78 is 35.7. The molecule has 3 heterocycles. The molecule has 8 nitrogen and oxygen atoms in total. The van der Waals surface area contributed by atoms with Crippen molar-refractivity contribution in [2.45, 2.75) is 95.4 Å². The number of fused-ring (bicyclic) bond motifs is 3. The molecule has 4 rings (SSSR count). The van der Waals surface area contributed by atoms with Crippen LogP contribution in [0.4, 0.5) is 0 Å². The van der Waals surface area contributed by atoms with E-state index >= 15 is 0 Å². The van der Waals surface area contributed by atoms with E-state index in [1.165, 1.54) is 7.11 Å². The van der Waals surface area contributed by atoms with Gasteiger partial charge in [-0.1, -0.05) is 30.3 Å². The van der Waals surface area contributed by atoms with Gasteiger partial charge in [-0.2, -0.15) is 0 Å². The molecule has 8 heteroatoms. The summed E-state index contributed by atoms with van der Waals surface area (Å²) in [6.45, 7) is 9.44. The molecule has 3 saturated heterocycles. The lowest BCUT2D eigenvalue weighted by Crippen LogP contribution is -2.57. The van der Waals surface area contributed by atoms with Gasteiger partial charge in [0.2, 0.25) is 0 Å². The van der Waals surface area contributed by atoms with Crippen LogP contribution in [0, 0.1) is 0 Å². The number of benzene rings is 1. The van der Waals surface area contributed by atoms with Crippen LogP contribution in [-0.4, -0.2) is 61.4 Å². The van der Waals surface area contributed by atoms with Gasteiger partial charge in [-0.05, 0) is 40.2 Å². The Morgan fingerprint density at radius 1 is 1.00 bits per heavy atom. The van der Waals surface area contributed by atoms with Crippen molar-refractivity contribution in [1.29, 1.82) is 0 Å². The fourth-order valence-electron chi connectivity index (χ4n) is 4.63. The third kappa shape index (κ3) is 4.79. The number of ether oxygens (including phenoxy) is 6. The second kappa shape index (κ2) is 8.42. The SMILES string of the molecule is COC(=O)[C@H](C[C@H]1O[C@@H]2OC(C)(C)O[C@@H]2[C@H]2OC(C)(C)O[C@H]21)N[C@@H](C)c1ccccc1. The van der Waals surface area contributed by atoms with E-state index in [-0.39, 0.29) is 18.1 Å². The van der Waals surface area contributed by atoms with Crippen molar-refractivity contribution in [3.05, 3.63) is 35.9 Å². The zero-order valence-corrected chi connectivity index (χ0v) is 19.0. The second-order valence-corrected chi connectivity index (χ2v) is 9.32. The summed E-state index contributed by atoms with van der Waals surface area (Å²) in [5.41, 5.74) is 1.08. The Morgan fingerprint density at radius 3 is 2.29 bits per heavy atom. The quantitative estimate of drug-likeness (QED) is 0.683. The number of rotatable bonds is 6.